The maximum atomic E-state index is 14.5. The van der Waals surface area contributed by atoms with Crippen molar-refractivity contribution < 1.29 is 17.6 Å². The molecule has 0 aliphatic heterocycles. The Kier molecular flexibility index (Phi) is 6.70. The minimum Gasteiger partial charge on any atom is -0.357 e. The summed E-state index contributed by atoms with van der Waals surface area (Å²) in [5, 5.41) is 7.21. The second-order valence-electron chi connectivity index (χ2n) is 6.30. The average Bonchev–Trinajstić information content (AvgIpc) is 3.33. The fourth-order valence-corrected chi connectivity index (χ4v) is 3.41. The zero-order valence-electron chi connectivity index (χ0n) is 16.3. The van der Waals surface area contributed by atoms with Crippen LogP contribution in [0.4, 0.5) is 17.6 Å². The van der Waals surface area contributed by atoms with Crippen molar-refractivity contribution in [3.8, 4) is 5.69 Å². The molecule has 2 heterocycles. The molecule has 0 amide bonds. The molecule has 160 valence electrons. The number of aliphatic imine (C=N–C) groups is 1. The Balaban J connectivity index is 1.66. The first-order valence-electron chi connectivity index (χ1n) is 9.10. The minimum atomic E-state index is -4.46. The molecular weight excluding hydrogens is 420 g/mol. The third kappa shape index (κ3) is 5.35. The van der Waals surface area contributed by atoms with E-state index in [0.29, 0.717) is 34.6 Å². The molecule has 0 spiro atoms. The largest absolute Gasteiger partial charge is 0.434 e. The fraction of sp³-hybridized carbons (Fsp3) is 0.316. The molecular formula is C19H20F4N6S. The van der Waals surface area contributed by atoms with Gasteiger partial charge in [0.2, 0.25) is 0 Å². The van der Waals surface area contributed by atoms with E-state index in [1.807, 2.05) is 6.92 Å². The topological polar surface area (TPSA) is 67.1 Å². The average molecular weight is 440 g/mol. The van der Waals surface area contributed by atoms with Crippen LogP contribution in [0.5, 0.6) is 0 Å². The van der Waals surface area contributed by atoms with E-state index < -0.39 is 17.7 Å². The Morgan fingerprint density at radius 3 is 2.67 bits per heavy atom. The maximum Gasteiger partial charge on any atom is 0.434 e. The zero-order chi connectivity index (χ0) is 21.7. The van der Waals surface area contributed by atoms with Crippen molar-refractivity contribution >= 4 is 17.3 Å². The molecule has 0 aliphatic carbocycles. The van der Waals surface area contributed by atoms with Gasteiger partial charge in [0.1, 0.15) is 16.6 Å². The summed E-state index contributed by atoms with van der Waals surface area (Å²) in [7, 11) is 0. The van der Waals surface area contributed by atoms with Gasteiger partial charge in [-0.15, -0.1) is 11.3 Å². The number of nitrogens with one attached hydrogen (secondary N) is 2. The molecule has 30 heavy (non-hydrogen) atoms. The van der Waals surface area contributed by atoms with Gasteiger partial charge >= 0.3 is 6.18 Å². The Morgan fingerprint density at radius 1 is 1.27 bits per heavy atom. The van der Waals surface area contributed by atoms with Crippen LogP contribution >= 0.6 is 11.3 Å². The van der Waals surface area contributed by atoms with Crippen LogP contribution in [0, 0.1) is 12.7 Å². The zero-order valence-corrected chi connectivity index (χ0v) is 17.1. The summed E-state index contributed by atoms with van der Waals surface area (Å²) in [6.07, 6.45) is -1.18. The van der Waals surface area contributed by atoms with Crippen LogP contribution in [-0.2, 0) is 19.3 Å². The van der Waals surface area contributed by atoms with Crippen LogP contribution < -0.4 is 10.6 Å². The third-order valence-electron chi connectivity index (χ3n) is 4.11. The third-order valence-corrected chi connectivity index (χ3v) is 4.96. The predicted molar refractivity (Wildman–Crippen MR) is 107 cm³/mol. The summed E-state index contributed by atoms with van der Waals surface area (Å²) in [5.41, 5.74) is 0.141. The molecule has 0 radical (unpaired) electrons. The molecule has 3 aromatic rings. The van der Waals surface area contributed by atoms with Gasteiger partial charge in [-0.25, -0.2) is 19.4 Å². The summed E-state index contributed by atoms with van der Waals surface area (Å²) in [6.45, 7) is 4.50. The molecule has 0 saturated carbocycles. The lowest BCUT2D eigenvalue weighted by Crippen LogP contribution is -2.36. The van der Waals surface area contributed by atoms with Crippen molar-refractivity contribution in [3.05, 3.63) is 63.9 Å². The summed E-state index contributed by atoms with van der Waals surface area (Å²) < 4.78 is 54.1. The van der Waals surface area contributed by atoms with E-state index in [1.54, 1.807) is 36.0 Å². The number of aromatic nitrogens is 3. The number of hydrogen-bond donors (Lipinski definition) is 2. The smallest absolute Gasteiger partial charge is 0.357 e. The molecule has 6 nitrogen and oxygen atoms in total. The predicted octanol–water partition coefficient (Wildman–Crippen LogP) is 4.05. The normalized spacial score (nSPS) is 12.3. The molecule has 3 rings (SSSR count). The van der Waals surface area contributed by atoms with Crippen LogP contribution in [0.25, 0.3) is 5.69 Å². The molecule has 2 N–H and O–H groups in total. The first-order valence-corrected chi connectivity index (χ1v) is 9.98. The highest BCUT2D eigenvalue weighted by molar-refractivity contribution is 7.09. The van der Waals surface area contributed by atoms with Crippen LogP contribution in [0.2, 0.25) is 0 Å². The summed E-state index contributed by atoms with van der Waals surface area (Å²) in [4.78, 5) is 12.0. The number of benzene rings is 1. The van der Waals surface area contributed by atoms with E-state index in [0.717, 1.165) is 16.7 Å². The van der Waals surface area contributed by atoms with E-state index >= 15 is 0 Å². The highest BCUT2D eigenvalue weighted by atomic mass is 32.1. The SMILES string of the molecule is CCNC(=NCc1ccc(-n2ccnc2C)c(F)c1)NCc1nc(C(F)(F)F)cs1. The lowest BCUT2D eigenvalue weighted by Gasteiger charge is -2.11. The molecule has 0 fully saturated rings. The monoisotopic (exact) mass is 440 g/mol. The number of hydrogen-bond acceptors (Lipinski definition) is 4. The van der Waals surface area contributed by atoms with Crippen molar-refractivity contribution in [2.75, 3.05) is 6.54 Å². The van der Waals surface area contributed by atoms with Gasteiger partial charge in [0, 0.05) is 24.3 Å². The summed E-state index contributed by atoms with van der Waals surface area (Å²) in [6, 6.07) is 4.82. The first-order chi connectivity index (χ1) is 14.3. The van der Waals surface area contributed by atoms with Gasteiger partial charge in [-0.1, -0.05) is 6.07 Å². The van der Waals surface area contributed by atoms with E-state index in [9.17, 15) is 17.6 Å². The molecule has 0 atom stereocenters. The number of rotatable bonds is 6. The van der Waals surface area contributed by atoms with Crippen molar-refractivity contribution in [3.63, 3.8) is 0 Å². The lowest BCUT2D eigenvalue weighted by atomic mass is 10.2. The molecule has 1 aromatic carbocycles. The van der Waals surface area contributed by atoms with Crippen molar-refractivity contribution in [2.45, 2.75) is 33.1 Å². The number of imidazole rings is 1. The van der Waals surface area contributed by atoms with Crippen molar-refractivity contribution in [1.29, 1.82) is 0 Å². The standard InChI is InChI=1S/C19H20F4N6S/c1-3-24-18(27-10-17-28-16(11-30-17)19(21,22)23)26-9-13-4-5-15(14(20)8-13)29-7-6-25-12(29)2/h4-8,11H,3,9-10H2,1-2H3,(H2,24,26,27). The Labute approximate surface area is 174 Å². The number of nitrogens with zero attached hydrogens (tertiary/aromatic N) is 4. The molecule has 2 aromatic heterocycles. The number of halogens is 4. The second kappa shape index (κ2) is 9.24. The highest BCUT2D eigenvalue weighted by Crippen LogP contribution is 2.29. The second-order valence-corrected chi connectivity index (χ2v) is 7.25. The van der Waals surface area contributed by atoms with Gasteiger partial charge in [-0.3, -0.25) is 0 Å². The number of aryl methyl sites for hydroxylation is 1. The van der Waals surface area contributed by atoms with E-state index in [-0.39, 0.29) is 13.1 Å². The van der Waals surface area contributed by atoms with Gasteiger partial charge in [-0.05, 0) is 31.5 Å². The summed E-state index contributed by atoms with van der Waals surface area (Å²) >= 11 is 0.921. The molecule has 0 saturated heterocycles. The number of guanidine groups is 1. The van der Waals surface area contributed by atoms with Crippen LogP contribution in [0.1, 0.15) is 29.0 Å². The van der Waals surface area contributed by atoms with Gasteiger partial charge < -0.3 is 15.2 Å². The number of thiazole rings is 1. The highest BCUT2D eigenvalue weighted by Gasteiger charge is 2.33. The van der Waals surface area contributed by atoms with E-state index in [4.69, 9.17) is 0 Å². The molecule has 0 unspecified atom stereocenters. The van der Waals surface area contributed by atoms with Crippen LogP contribution in [-0.4, -0.2) is 27.0 Å². The van der Waals surface area contributed by atoms with Crippen LogP contribution in [0.3, 0.4) is 0 Å². The van der Waals surface area contributed by atoms with Crippen LogP contribution in [0.15, 0.2) is 41.0 Å². The van der Waals surface area contributed by atoms with Crippen molar-refractivity contribution in [1.82, 2.24) is 25.2 Å². The van der Waals surface area contributed by atoms with E-state index in [2.05, 4.69) is 25.6 Å². The van der Waals surface area contributed by atoms with Gasteiger partial charge in [0.15, 0.2) is 11.7 Å². The molecule has 11 heteroatoms. The maximum absolute atomic E-state index is 14.5. The van der Waals surface area contributed by atoms with Gasteiger partial charge in [0.25, 0.3) is 0 Å². The lowest BCUT2D eigenvalue weighted by molar-refractivity contribution is -0.140. The Hall–Kier alpha value is -2.95. The Morgan fingerprint density at radius 2 is 2.07 bits per heavy atom. The van der Waals surface area contributed by atoms with Gasteiger partial charge in [-0.2, -0.15) is 13.2 Å². The summed E-state index contributed by atoms with van der Waals surface area (Å²) in [5.74, 6) is 0.676. The first kappa shape index (κ1) is 21.8. The fourth-order valence-electron chi connectivity index (χ4n) is 2.67. The minimum absolute atomic E-state index is 0.0970. The van der Waals surface area contributed by atoms with Crippen molar-refractivity contribution in [2.24, 2.45) is 4.99 Å². The van der Waals surface area contributed by atoms with E-state index in [1.165, 1.54) is 6.07 Å². The van der Waals surface area contributed by atoms with Gasteiger partial charge in [0.05, 0.1) is 18.8 Å². The molecule has 0 bridgehead atoms. The Bertz CT molecular complexity index is 1020. The number of alkyl halides is 3. The molecule has 0 aliphatic rings. The quantitative estimate of drug-likeness (QED) is 0.345.